The minimum atomic E-state index is -3.71. The van der Waals surface area contributed by atoms with E-state index in [1.165, 1.54) is 29.0 Å². The van der Waals surface area contributed by atoms with Crippen molar-refractivity contribution in [3.05, 3.63) is 62.9 Å². The Bertz CT molecular complexity index is 1060. The lowest BCUT2D eigenvalue weighted by Gasteiger charge is -2.25. The van der Waals surface area contributed by atoms with Crippen LogP contribution in [0.3, 0.4) is 0 Å². The summed E-state index contributed by atoms with van der Waals surface area (Å²) in [5, 5.41) is 9.16. The molecule has 8 nitrogen and oxygen atoms in total. The molecule has 0 saturated carbocycles. The molecule has 0 spiro atoms. The lowest BCUT2D eigenvalue weighted by molar-refractivity contribution is 0.0698. The van der Waals surface area contributed by atoms with Crippen molar-refractivity contribution in [2.75, 3.05) is 6.61 Å². The number of aromatic nitrogens is 2. The maximum absolute atomic E-state index is 12.9. The fourth-order valence-electron chi connectivity index (χ4n) is 2.53. The largest absolute Gasteiger partial charge is 0.361 e. The van der Waals surface area contributed by atoms with Crippen LogP contribution in [0.25, 0.3) is 0 Å². The van der Waals surface area contributed by atoms with Gasteiger partial charge in [-0.15, -0.1) is 0 Å². The van der Waals surface area contributed by atoms with Gasteiger partial charge < -0.3 is 4.74 Å². The van der Waals surface area contributed by atoms with E-state index in [4.69, 9.17) is 10.00 Å². The number of nitrogens with one attached hydrogen (secondary N) is 1. The highest BCUT2D eigenvalue weighted by Gasteiger charge is 2.36. The Balaban J connectivity index is 1.97. The Morgan fingerprint density at radius 1 is 1.22 bits per heavy atom. The number of H-pyrrole nitrogens is 1. The maximum Gasteiger partial charge on any atom is 0.330 e. The van der Waals surface area contributed by atoms with Crippen LogP contribution in [0.5, 0.6) is 0 Å². The lowest BCUT2D eigenvalue weighted by Crippen LogP contribution is -2.33. The zero-order valence-corrected chi connectivity index (χ0v) is 16.0. The smallest absolute Gasteiger partial charge is 0.330 e. The minimum absolute atomic E-state index is 0.0261. The molecule has 2 aromatic rings. The standard InChI is InChI=1S/C18H21N3O5S/c1-18(2,27(24,25)15-7-4-3-6-14(15)12-19)9-5-11-26-13-21-10-8-16(22)20-17(21)23/h3-4,6-8,10H,5,9,11,13H2,1-2H3,(H,20,22,23). The topological polar surface area (TPSA) is 122 Å². The molecule has 0 atom stereocenters. The average molecular weight is 391 g/mol. The van der Waals surface area contributed by atoms with Crippen LogP contribution in [-0.2, 0) is 21.3 Å². The van der Waals surface area contributed by atoms with Gasteiger partial charge in [-0.25, -0.2) is 13.2 Å². The van der Waals surface area contributed by atoms with Gasteiger partial charge in [0.15, 0.2) is 9.84 Å². The normalized spacial score (nSPS) is 11.9. The third kappa shape index (κ3) is 4.72. The minimum Gasteiger partial charge on any atom is -0.361 e. The van der Waals surface area contributed by atoms with Crippen LogP contribution < -0.4 is 11.2 Å². The molecule has 1 heterocycles. The molecule has 0 fully saturated rings. The Hall–Kier alpha value is -2.70. The molecule has 2 rings (SSSR count). The molecule has 1 N–H and O–H groups in total. The van der Waals surface area contributed by atoms with Crippen molar-refractivity contribution in [1.29, 1.82) is 5.26 Å². The zero-order chi connectivity index (χ0) is 20.1. The highest BCUT2D eigenvalue weighted by atomic mass is 32.2. The molecule has 1 aromatic heterocycles. The van der Waals surface area contributed by atoms with E-state index in [9.17, 15) is 18.0 Å². The number of nitrogens with zero attached hydrogens (tertiary/aromatic N) is 2. The van der Waals surface area contributed by atoms with E-state index in [1.807, 2.05) is 6.07 Å². The Morgan fingerprint density at radius 3 is 2.59 bits per heavy atom. The molecule has 0 radical (unpaired) electrons. The van der Waals surface area contributed by atoms with Gasteiger partial charge in [0.1, 0.15) is 12.8 Å². The van der Waals surface area contributed by atoms with E-state index in [1.54, 1.807) is 26.0 Å². The average Bonchev–Trinajstić information content (AvgIpc) is 2.62. The van der Waals surface area contributed by atoms with Crippen LogP contribution in [0.2, 0.25) is 0 Å². The molecule has 1 aromatic carbocycles. The van der Waals surface area contributed by atoms with Crippen molar-refractivity contribution in [3.8, 4) is 6.07 Å². The summed E-state index contributed by atoms with van der Waals surface area (Å²) in [5.41, 5.74) is -0.932. The van der Waals surface area contributed by atoms with E-state index < -0.39 is 25.8 Å². The van der Waals surface area contributed by atoms with Gasteiger partial charge in [-0.3, -0.25) is 14.3 Å². The summed E-state index contributed by atoms with van der Waals surface area (Å²) in [6, 6.07) is 9.27. The Morgan fingerprint density at radius 2 is 1.93 bits per heavy atom. The van der Waals surface area contributed by atoms with E-state index in [0.717, 1.165) is 0 Å². The molecule has 0 aliphatic carbocycles. The Kier molecular flexibility index (Phi) is 6.36. The zero-order valence-electron chi connectivity index (χ0n) is 15.1. The molecular formula is C18H21N3O5S. The van der Waals surface area contributed by atoms with Crippen molar-refractivity contribution in [3.63, 3.8) is 0 Å². The molecule has 0 aliphatic rings. The highest BCUT2D eigenvalue weighted by Crippen LogP contribution is 2.31. The van der Waals surface area contributed by atoms with Gasteiger partial charge in [-0.05, 0) is 38.8 Å². The van der Waals surface area contributed by atoms with Gasteiger partial charge >= 0.3 is 5.69 Å². The molecule has 144 valence electrons. The predicted molar refractivity (Wildman–Crippen MR) is 98.9 cm³/mol. The number of hydrogen-bond donors (Lipinski definition) is 1. The third-order valence-corrected chi connectivity index (χ3v) is 6.81. The van der Waals surface area contributed by atoms with Crippen LogP contribution in [0.4, 0.5) is 0 Å². The van der Waals surface area contributed by atoms with E-state index in [2.05, 4.69) is 4.98 Å². The van der Waals surface area contributed by atoms with Crippen LogP contribution in [0, 0.1) is 11.3 Å². The first kappa shape index (κ1) is 20.6. The van der Waals surface area contributed by atoms with Crippen molar-refractivity contribution >= 4 is 9.84 Å². The fourth-order valence-corrected chi connectivity index (χ4v) is 4.20. The summed E-state index contributed by atoms with van der Waals surface area (Å²) in [7, 11) is -3.71. The number of benzene rings is 1. The second-order valence-electron chi connectivity index (χ2n) is 6.59. The highest BCUT2D eigenvalue weighted by molar-refractivity contribution is 7.92. The van der Waals surface area contributed by atoms with Gasteiger partial charge in [0.2, 0.25) is 0 Å². The van der Waals surface area contributed by atoms with Crippen molar-refractivity contribution < 1.29 is 13.2 Å². The van der Waals surface area contributed by atoms with Crippen LogP contribution in [-0.4, -0.2) is 29.3 Å². The quantitative estimate of drug-likeness (QED) is 0.679. The van der Waals surface area contributed by atoms with Gasteiger partial charge in [0.25, 0.3) is 5.56 Å². The predicted octanol–water partition coefficient (Wildman–Crippen LogP) is 1.42. The first-order valence-electron chi connectivity index (χ1n) is 8.30. The summed E-state index contributed by atoms with van der Waals surface area (Å²) in [5.74, 6) is 0. The SMILES string of the molecule is CC(C)(CCCOCn1ccc(=O)[nH]c1=O)S(=O)(=O)c1ccccc1C#N. The van der Waals surface area contributed by atoms with Crippen molar-refractivity contribution in [2.24, 2.45) is 0 Å². The van der Waals surface area contributed by atoms with Crippen LogP contribution >= 0.6 is 0 Å². The van der Waals surface area contributed by atoms with Gasteiger partial charge in [0, 0.05) is 18.9 Å². The molecule has 9 heteroatoms. The molecule has 27 heavy (non-hydrogen) atoms. The lowest BCUT2D eigenvalue weighted by atomic mass is 10.1. The molecular weight excluding hydrogens is 370 g/mol. The van der Waals surface area contributed by atoms with E-state index >= 15 is 0 Å². The van der Waals surface area contributed by atoms with Crippen molar-refractivity contribution in [2.45, 2.75) is 43.1 Å². The summed E-state index contributed by atoms with van der Waals surface area (Å²) in [4.78, 5) is 24.7. The van der Waals surface area contributed by atoms with E-state index in [-0.39, 0.29) is 23.8 Å². The fraction of sp³-hybridized carbons (Fsp3) is 0.389. The first-order chi connectivity index (χ1) is 12.7. The third-order valence-electron chi connectivity index (χ3n) is 4.22. The second kappa shape index (κ2) is 8.33. The number of sulfone groups is 1. The van der Waals surface area contributed by atoms with Gasteiger partial charge in [-0.2, -0.15) is 5.26 Å². The molecule has 0 amide bonds. The number of rotatable bonds is 8. The monoisotopic (exact) mass is 391 g/mol. The van der Waals surface area contributed by atoms with Gasteiger partial charge in [0.05, 0.1) is 15.2 Å². The number of aromatic amines is 1. The first-order valence-corrected chi connectivity index (χ1v) is 9.78. The summed E-state index contributed by atoms with van der Waals surface area (Å²) in [6.07, 6.45) is 2.09. The summed E-state index contributed by atoms with van der Waals surface area (Å²) >= 11 is 0. The van der Waals surface area contributed by atoms with Crippen LogP contribution in [0.1, 0.15) is 32.3 Å². The number of hydrogen-bond acceptors (Lipinski definition) is 6. The maximum atomic E-state index is 12.9. The second-order valence-corrected chi connectivity index (χ2v) is 9.14. The molecule has 0 aliphatic heterocycles. The summed E-state index contributed by atoms with van der Waals surface area (Å²) < 4.78 is 31.4. The number of ether oxygens (including phenoxy) is 1. The van der Waals surface area contributed by atoms with E-state index in [0.29, 0.717) is 12.8 Å². The molecule has 0 saturated heterocycles. The van der Waals surface area contributed by atoms with Crippen LogP contribution in [0.15, 0.2) is 51.0 Å². The molecule has 0 bridgehead atoms. The number of nitriles is 1. The summed E-state index contributed by atoms with van der Waals surface area (Å²) in [6.45, 7) is 3.43. The molecule has 0 unspecified atom stereocenters. The Labute approximate surface area is 157 Å². The van der Waals surface area contributed by atoms with Gasteiger partial charge in [-0.1, -0.05) is 12.1 Å². The van der Waals surface area contributed by atoms with Crippen molar-refractivity contribution in [1.82, 2.24) is 9.55 Å².